The summed E-state index contributed by atoms with van der Waals surface area (Å²) in [5.74, 6) is -0.198. The number of aryl methyl sites for hydroxylation is 1. The number of hydrogen-bond acceptors (Lipinski definition) is 2. The van der Waals surface area contributed by atoms with E-state index in [1.165, 1.54) is 0 Å². The molecule has 1 aromatic rings. The summed E-state index contributed by atoms with van der Waals surface area (Å²) in [6.07, 6.45) is 0.864. The highest BCUT2D eigenvalue weighted by Gasteiger charge is 2.11. The van der Waals surface area contributed by atoms with E-state index < -0.39 is 0 Å². The Morgan fingerprint density at radius 1 is 1.54 bits per heavy atom. The maximum absolute atomic E-state index is 10.6. The van der Waals surface area contributed by atoms with Gasteiger partial charge in [0.05, 0.1) is 11.6 Å². The number of rotatable bonds is 2. The molecule has 0 bridgehead atoms. The molecular formula is C11H11NO. The van der Waals surface area contributed by atoms with Gasteiger partial charge in [-0.05, 0) is 24.1 Å². The van der Waals surface area contributed by atoms with Gasteiger partial charge >= 0.3 is 0 Å². The van der Waals surface area contributed by atoms with E-state index in [0.29, 0.717) is 5.56 Å². The van der Waals surface area contributed by atoms with Crippen LogP contribution >= 0.6 is 0 Å². The lowest BCUT2D eigenvalue weighted by Gasteiger charge is -2.09. The van der Waals surface area contributed by atoms with E-state index >= 15 is 0 Å². The second-order valence-corrected chi connectivity index (χ2v) is 3.07. The molecule has 0 saturated heterocycles. The van der Waals surface area contributed by atoms with Crippen LogP contribution in [0.2, 0.25) is 0 Å². The van der Waals surface area contributed by atoms with Gasteiger partial charge in [-0.1, -0.05) is 19.1 Å². The van der Waals surface area contributed by atoms with Gasteiger partial charge in [0.15, 0.2) is 0 Å². The van der Waals surface area contributed by atoms with Gasteiger partial charge in [0.25, 0.3) is 0 Å². The minimum absolute atomic E-state index is 0.198. The zero-order valence-corrected chi connectivity index (χ0v) is 7.74. The van der Waals surface area contributed by atoms with Crippen LogP contribution in [0.15, 0.2) is 18.2 Å². The maximum atomic E-state index is 10.6. The van der Waals surface area contributed by atoms with Crippen molar-refractivity contribution in [2.24, 2.45) is 0 Å². The highest BCUT2D eigenvalue weighted by molar-refractivity contribution is 5.65. The van der Waals surface area contributed by atoms with Gasteiger partial charge in [-0.3, -0.25) is 0 Å². The van der Waals surface area contributed by atoms with Gasteiger partial charge < -0.3 is 4.79 Å². The van der Waals surface area contributed by atoms with Crippen LogP contribution in [0.25, 0.3) is 0 Å². The molecule has 2 heteroatoms. The summed E-state index contributed by atoms with van der Waals surface area (Å²) in [4.78, 5) is 10.6. The number of benzene rings is 1. The molecular weight excluding hydrogens is 162 g/mol. The van der Waals surface area contributed by atoms with E-state index in [9.17, 15) is 4.79 Å². The van der Waals surface area contributed by atoms with Gasteiger partial charge in [-0.15, -0.1) is 0 Å². The Kier molecular flexibility index (Phi) is 2.81. The number of carbonyl (C=O) groups excluding carboxylic acids is 1. The molecule has 2 nitrogen and oxygen atoms in total. The van der Waals surface area contributed by atoms with Crippen LogP contribution in [0, 0.1) is 18.3 Å². The van der Waals surface area contributed by atoms with E-state index in [1.807, 2.05) is 19.1 Å². The first-order valence-electron chi connectivity index (χ1n) is 4.15. The topological polar surface area (TPSA) is 40.9 Å². The van der Waals surface area contributed by atoms with Crippen molar-refractivity contribution in [3.63, 3.8) is 0 Å². The second kappa shape index (κ2) is 3.86. The summed E-state index contributed by atoms with van der Waals surface area (Å²) in [5, 5.41) is 8.82. The number of aldehydes is 1. The highest BCUT2D eigenvalue weighted by Crippen LogP contribution is 2.21. The summed E-state index contributed by atoms with van der Waals surface area (Å²) < 4.78 is 0. The fourth-order valence-corrected chi connectivity index (χ4v) is 1.45. The number of nitrogens with zero attached hydrogens (tertiary/aromatic N) is 1. The predicted octanol–water partition coefficient (Wildman–Crippen LogP) is 2.17. The van der Waals surface area contributed by atoms with Gasteiger partial charge in [-0.25, -0.2) is 0 Å². The van der Waals surface area contributed by atoms with Crippen molar-refractivity contribution in [3.8, 4) is 6.07 Å². The zero-order valence-electron chi connectivity index (χ0n) is 7.74. The summed E-state index contributed by atoms with van der Waals surface area (Å²) in [7, 11) is 0. The number of nitriles is 1. The van der Waals surface area contributed by atoms with Crippen LogP contribution < -0.4 is 0 Å². The maximum Gasteiger partial charge on any atom is 0.127 e. The highest BCUT2D eigenvalue weighted by atomic mass is 16.1. The zero-order chi connectivity index (χ0) is 9.84. The molecule has 0 aromatic heterocycles. The molecule has 0 fully saturated rings. The standard InChI is InChI=1S/C11H11NO/c1-8-4-3-5-10(6-12)11(8)9(2)7-13/h3-5,7,9H,1-2H3. The van der Waals surface area contributed by atoms with Gasteiger partial charge in [0.1, 0.15) is 6.29 Å². The molecule has 0 heterocycles. The van der Waals surface area contributed by atoms with E-state index in [-0.39, 0.29) is 5.92 Å². The Bertz CT molecular complexity index is 363. The average molecular weight is 173 g/mol. The smallest absolute Gasteiger partial charge is 0.127 e. The van der Waals surface area contributed by atoms with Crippen LogP contribution in [0.5, 0.6) is 0 Å². The van der Waals surface area contributed by atoms with Crippen LogP contribution in [-0.4, -0.2) is 6.29 Å². The van der Waals surface area contributed by atoms with Crippen molar-refractivity contribution in [1.29, 1.82) is 5.26 Å². The molecule has 1 unspecified atom stereocenters. The van der Waals surface area contributed by atoms with E-state index in [4.69, 9.17) is 5.26 Å². The number of carbonyl (C=O) groups is 1. The lowest BCUT2D eigenvalue weighted by atomic mass is 9.93. The van der Waals surface area contributed by atoms with E-state index in [0.717, 1.165) is 17.4 Å². The normalized spacial score (nSPS) is 11.8. The van der Waals surface area contributed by atoms with Crippen LogP contribution in [-0.2, 0) is 4.79 Å². The van der Waals surface area contributed by atoms with E-state index in [2.05, 4.69) is 6.07 Å². The SMILES string of the molecule is Cc1cccc(C#N)c1C(C)C=O. The Morgan fingerprint density at radius 2 is 2.23 bits per heavy atom. The van der Waals surface area contributed by atoms with Gasteiger partial charge in [0.2, 0.25) is 0 Å². The fourth-order valence-electron chi connectivity index (χ4n) is 1.45. The largest absolute Gasteiger partial charge is 0.303 e. The molecule has 0 spiro atoms. The Morgan fingerprint density at radius 3 is 2.77 bits per heavy atom. The third-order valence-electron chi connectivity index (χ3n) is 2.10. The molecule has 1 aromatic carbocycles. The summed E-state index contributed by atoms with van der Waals surface area (Å²) >= 11 is 0. The van der Waals surface area contributed by atoms with Crippen molar-refractivity contribution in [3.05, 3.63) is 34.9 Å². The monoisotopic (exact) mass is 173 g/mol. The Balaban J connectivity index is 3.32. The van der Waals surface area contributed by atoms with Crippen LogP contribution in [0.3, 0.4) is 0 Å². The summed E-state index contributed by atoms with van der Waals surface area (Å²) in [6, 6.07) is 7.57. The molecule has 66 valence electrons. The first-order valence-corrected chi connectivity index (χ1v) is 4.15. The molecule has 1 rings (SSSR count). The molecule has 1 atom stereocenters. The Hall–Kier alpha value is -1.62. The third kappa shape index (κ3) is 1.75. The quantitative estimate of drug-likeness (QED) is 0.643. The lowest BCUT2D eigenvalue weighted by molar-refractivity contribution is -0.108. The van der Waals surface area contributed by atoms with Gasteiger partial charge in [-0.2, -0.15) is 5.26 Å². The van der Waals surface area contributed by atoms with Crippen molar-refractivity contribution in [2.45, 2.75) is 19.8 Å². The molecule has 0 amide bonds. The molecule has 0 saturated carbocycles. The minimum atomic E-state index is -0.198. The van der Waals surface area contributed by atoms with Crippen molar-refractivity contribution in [1.82, 2.24) is 0 Å². The summed E-state index contributed by atoms with van der Waals surface area (Å²) in [5.41, 5.74) is 2.44. The summed E-state index contributed by atoms with van der Waals surface area (Å²) in [6.45, 7) is 3.71. The Labute approximate surface area is 77.8 Å². The fraction of sp³-hybridized carbons (Fsp3) is 0.273. The van der Waals surface area contributed by atoms with Crippen molar-refractivity contribution >= 4 is 6.29 Å². The lowest BCUT2D eigenvalue weighted by Crippen LogP contribution is -2.00. The van der Waals surface area contributed by atoms with Crippen molar-refractivity contribution < 1.29 is 4.79 Å². The molecule has 0 aliphatic carbocycles. The molecule has 13 heavy (non-hydrogen) atoms. The van der Waals surface area contributed by atoms with Crippen LogP contribution in [0.1, 0.15) is 29.5 Å². The minimum Gasteiger partial charge on any atom is -0.303 e. The first kappa shape index (κ1) is 9.47. The van der Waals surface area contributed by atoms with E-state index in [1.54, 1.807) is 13.0 Å². The molecule has 0 N–H and O–H groups in total. The average Bonchev–Trinajstić information content (AvgIpc) is 2.16. The predicted molar refractivity (Wildman–Crippen MR) is 50.4 cm³/mol. The van der Waals surface area contributed by atoms with Crippen LogP contribution in [0.4, 0.5) is 0 Å². The number of hydrogen-bond donors (Lipinski definition) is 0. The second-order valence-electron chi connectivity index (χ2n) is 3.07. The molecule has 0 radical (unpaired) electrons. The molecule has 0 aliphatic heterocycles. The first-order chi connectivity index (χ1) is 6.20. The molecule has 0 aliphatic rings. The van der Waals surface area contributed by atoms with Gasteiger partial charge in [0, 0.05) is 5.92 Å². The third-order valence-corrected chi connectivity index (χ3v) is 2.10. The van der Waals surface area contributed by atoms with Crippen molar-refractivity contribution in [2.75, 3.05) is 0 Å².